The molecular formula is C21H25N3O4S. The predicted molar refractivity (Wildman–Crippen MR) is 112 cm³/mol. The van der Waals surface area contributed by atoms with Gasteiger partial charge in [0.25, 0.3) is 5.56 Å². The third-order valence-corrected chi connectivity index (χ3v) is 5.98. The molecule has 0 fully saturated rings. The van der Waals surface area contributed by atoms with E-state index >= 15 is 0 Å². The van der Waals surface area contributed by atoms with Crippen molar-refractivity contribution in [3.8, 4) is 0 Å². The molecule has 0 saturated carbocycles. The molecule has 1 aliphatic rings. The number of rotatable bonds is 7. The first-order valence-electron chi connectivity index (χ1n) is 9.88. The number of aryl methyl sites for hydroxylation is 1. The van der Waals surface area contributed by atoms with E-state index in [4.69, 9.17) is 4.74 Å². The molecule has 8 heteroatoms. The van der Waals surface area contributed by atoms with Crippen LogP contribution in [0.25, 0.3) is 0 Å². The molecule has 1 atom stereocenters. The second kappa shape index (κ2) is 9.73. The van der Waals surface area contributed by atoms with Gasteiger partial charge in [-0.3, -0.25) is 9.59 Å². The maximum absolute atomic E-state index is 12.8. The molecule has 2 aromatic rings. The highest BCUT2D eigenvalue weighted by Gasteiger charge is 2.22. The van der Waals surface area contributed by atoms with Crippen LogP contribution in [0, 0.1) is 0 Å². The van der Waals surface area contributed by atoms with Gasteiger partial charge in [0, 0.05) is 11.3 Å². The van der Waals surface area contributed by atoms with E-state index in [1.807, 2.05) is 6.92 Å². The molecule has 0 spiro atoms. The quantitative estimate of drug-likeness (QED) is 0.409. The summed E-state index contributed by atoms with van der Waals surface area (Å²) in [7, 11) is 0. The number of carbonyl (C=O) groups excluding carboxylic acids is 2. The monoisotopic (exact) mass is 415 g/mol. The number of anilines is 1. The first kappa shape index (κ1) is 21.1. The molecule has 0 saturated heterocycles. The zero-order chi connectivity index (χ0) is 20.8. The maximum atomic E-state index is 12.8. The number of nitrogens with zero attached hydrogens (tertiary/aromatic N) is 1. The first-order valence-corrected chi connectivity index (χ1v) is 10.8. The van der Waals surface area contributed by atoms with Gasteiger partial charge in [-0.2, -0.15) is 0 Å². The zero-order valence-corrected chi connectivity index (χ0v) is 17.4. The molecule has 0 aliphatic heterocycles. The van der Waals surface area contributed by atoms with Gasteiger partial charge in [0.15, 0.2) is 5.16 Å². The number of fused-ring (bicyclic) bond motifs is 1. The maximum Gasteiger partial charge on any atom is 0.338 e. The van der Waals surface area contributed by atoms with E-state index in [9.17, 15) is 14.4 Å². The molecule has 3 rings (SSSR count). The van der Waals surface area contributed by atoms with Crippen molar-refractivity contribution in [3.05, 3.63) is 51.4 Å². The smallest absolute Gasteiger partial charge is 0.338 e. The number of hydrogen-bond donors (Lipinski definition) is 2. The fourth-order valence-corrected chi connectivity index (χ4v) is 4.17. The molecule has 1 amide bonds. The van der Waals surface area contributed by atoms with E-state index in [2.05, 4.69) is 15.3 Å². The van der Waals surface area contributed by atoms with Crippen molar-refractivity contribution in [1.29, 1.82) is 0 Å². The lowest BCUT2D eigenvalue weighted by atomic mass is 9.97. The fraction of sp³-hybridized carbons (Fsp3) is 0.429. The highest BCUT2D eigenvalue weighted by Crippen LogP contribution is 2.25. The summed E-state index contributed by atoms with van der Waals surface area (Å²) in [5.41, 5.74) is 2.42. The van der Waals surface area contributed by atoms with Crippen LogP contribution in [0.2, 0.25) is 0 Å². The van der Waals surface area contributed by atoms with Crippen LogP contribution in [0.3, 0.4) is 0 Å². The Kier molecular flexibility index (Phi) is 7.09. The summed E-state index contributed by atoms with van der Waals surface area (Å²) >= 11 is 1.25. The Bertz CT molecular complexity index is 957. The molecule has 29 heavy (non-hydrogen) atoms. The molecule has 7 nitrogen and oxygen atoms in total. The van der Waals surface area contributed by atoms with Gasteiger partial charge in [-0.1, -0.05) is 24.8 Å². The Morgan fingerprint density at radius 3 is 2.83 bits per heavy atom. The first-order chi connectivity index (χ1) is 14.0. The van der Waals surface area contributed by atoms with Gasteiger partial charge in [-0.25, -0.2) is 9.78 Å². The van der Waals surface area contributed by atoms with E-state index in [0.29, 0.717) is 22.8 Å². The lowest BCUT2D eigenvalue weighted by molar-refractivity contribution is -0.115. The summed E-state index contributed by atoms with van der Waals surface area (Å²) < 4.78 is 4.99. The predicted octanol–water partition coefficient (Wildman–Crippen LogP) is 3.33. The average molecular weight is 416 g/mol. The molecule has 1 heterocycles. The number of hydrogen-bond acceptors (Lipinski definition) is 6. The minimum absolute atomic E-state index is 0.102. The van der Waals surface area contributed by atoms with Crippen molar-refractivity contribution in [1.82, 2.24) is 9.97 Å². The minimum Gasteiger partial charge on any atom is -0.462 e. The summed E-state index contributed by atoms with van der Waals surface area (Å²) in [5, 5.41) is 2.89. The molecule has 0 radical (unpaired) electrons. The number of amides is 1. The number of carbonyl (C=O) groups is 2. The third-order valence-electron chi connectivity index (χ3n) is 4.73. The summed E-state index contributed by atoms with van der Waals surface area (Å²) in [6.45, 7) is 3.93. The number of thioether (sulfide) groups is 1. The van der Waals surface area contributed by atoms with Crippen LogP contribution in [0.4, 0.5) is 5.69 Å². The fourth-order valence-electron chi connectivity index (χ4n) is 3.25. The van der Waals surface area contributed by atoms with E-state index in [-0.39, 0.29) is 18.1 Å². The number of aromatic nitrogens is 2. The van der Waals surface area contributed by atoms with Crippen molar-refractivity contribution in [3.63, 3.8) is 0 Å². The third kappa shape index (κ3) is 5.26. The highest BCUT2D eigenvalue weighted by molar-refractivity contribution is 8.00. The number of esters is 1. The second-order valence-corrected chi connectivity index (χ2v) is 8.00. The van der Waals surface area contributed by atoms with Gasteiger partial charge in [-0.05, 0) is 57.2 Å². The molecule has 0 bridgehead atoms. The number of H-pyrrole nitrogens is 1. The number of nitrogens with one attached hydrogen (secondary N) is 2. The molecular weight excluding hydrogens is 390 g/mol. The number of ether oxygens (including phenoxy) is 1. The average Bonchev–Trinajstić information content (AvgIpc) is 2.72. The van der Waals surface area contributed by atoms with Crippen LogP contribution >= 0.6 is 11.8 Å². The number of benzene rings is 1. The van der Waals surface area contributed by atoms with E-state index in [0.717, 1.165) is 36.9 Å². The van der Waals surface area contributed by atoms with Gasteiger partial charge >= 0.3 is 5.97 Å². The zero-order valence-electron chi connectivity index (χ0n) is 16.6. The molecule has 2 N–H and O–H groups in total. The van der Waals surface area contributed by atoms with Crippen LogP contribution < -0.4 is 10.9 Å². The van der Waals surface area contributed by atoms with Crippen molar-refractivity contribution in [2.75, 3.05) is 11.9 Å². The summed E-state index contributed by atoms with van der Waals surface area (Å²) in [4.78, 5) is 44.3. The van der Waals surface area contributed by atoms with Gasteiger partial charge in [0.05, 0.1) is 23.1 Å². The molecule has 1 aromatic heterocycles. The van der Waals surface area contributed by atoms with Gasteiger partial charge < -0.3 is 15.0 Å². The minimum atomic E-state index is -0.430. The normalized spacial score (nSPS) is 14.0. The van der Waals surface area contributed by atoms with Gasteiger partial charge in [-0.15, -0.1) is 0 Å². The molecule has 1 aliphatic carbocycles. The Hall–Kier alpha value is -2.61. The lowest BCUT2D eigenvalue weighted by Gasteiger charge is -2.17. The van der Waals surface area contributed by atoms with E-state index < -0.39 is 11.2 Å². The van der Waals surface area contributed by atoms with Crippen molar-refractivity contribution < 1.29 is 14.3 Å². The van der Waals surface area contributed by atoms with Crippen LogP contribution in [0.5, 0.6) is 0 Å². The van der Waals surface area contributed by atoms with Crippen LogP contribution in [0.1, 0.15) is 54.7 Å². The van der Waals surface area contributed by atoms with E-state index in [1.54, 1.807) is 31.2 Å². The molecule has 154 valence electrons. The van der Waals surface area contributed by atoms with Crippen LogP contribution in [-0.4, -0.2) is 33.7 Å². The second-order valence-electron chi connectivity index (χ2n) is 6.81. The van der Waals surface area contributed by atoms with Gasteiger partial charge in [0.2, 0.25) is 5.91 Å². The summed E-state index contributed by atoms with van der Waals surface area (Å²) in [6, 6.07) is 6.64. The summed E-state index contributed by atoms with van der Waals surface area (Å²) in [6.07, 6.45) is 4.17. The Morgan fingerprint density at radius 2 is 2.07 bits per heavy atom. The van der Waals surface area contributed by atoms with E-state index in [1.165, 1.54) is 11.8 Å². The SMILES string of the molecule is CCOC(=O)c1cccc(NC(=O)C(CC)Sc2nc3c(c(=O)[nH]2)CCCC3)c1. The van der Waals surface area contributed by atoms with Crippen LogP contribution in [0.15, 0.2) is 34.2 Å². The van der Waals surface area contributed by atoms with Crippen molar-refractivity contribution >= 4 is 29.3 Å². The summed E-state index contributed by atoms with van der Waals surface area (Å²) in [5.74, 6) is -0.639. The van der Waals surface area contributed by atoms with Crippen molar-refractivity contribution in [2.24, 2.45) is 0 Å². The number of aromatic amines is 1. The molecule has 1 aromatic carbocycles. The largest absolute Gasteiger partial charge is 0.462 e. The lowest BCUT2D eigenvalue weighted by Crippen LogP contribution is -2.26. The topological polar surface area (TPSA) is 101 Å². The molecule has 1 unspecified atom stereocenters. The Morgan fingerprint density at radius 1 is 1.28 bits per heavy atom. The highest BCUT2D eigenvalue weighted by atomic mass is 32.2. The van der Waals surface area contributed by atoms with Gasteiger partial charge in [0.1, 0.15) is 0 Å². The Labute approximate surface area is 173 Å². The van der Waals surface area contributed by atoms with Crippen molar-refractivity contribution in [2.45, 2.75) is 56.4 Å². The van der Waals surface area contributed by atoms with Crippen LogP contribution in [-0.2, 0) is 22.4 Å². The standard InChI is InChI=1S/C21H25N3O4S/c1-3-17(29-21-23-16-11-6-5-10-15(16)18(25)24-21)19(26)22-14-9-7-8-13(12-14)20(27)28-4-2/h7-9,12,17H,3-6,10-11H2,1-2H3,(H,22,26)(H,23,24,25). The Balaban J connectivity index is 1.71.